The van der Waals surface area contributed by atoms with Crippen molar-refractivity contribution in [3.8, 4) is 0 Å². The molecule has 0 aromatic heterocycles. The zero-order valence-corrected chi connectivity index (χ0v) is 8.89. The third-order valence-electron chi connectivity index (χ3n) is 1.81. The van der Waals surface area contributed by atoms with Crippen LogP contribution in [-0.2, 0) is 0 Å². The van der Waals surface area contributed by atoms with E-state index in [4.69, 9.17) is 0 Å². The van der Waals surface area contributed by atoms with E-state index in [1.54, 1.807) is 0 Å². The molecule has 0 saturated heterocycles. The van der Waals surface area contributed by atoms with Gasteiger partial charge in [0, 0.05) is 10.2 Å². The zero-order chi connectivity index (χ0) is 7.56. The lowest BCUT2D eigenvalue weighted by atomic mass is 10.0. The molecule has 0 unspecified atom stereocenters. The van der Waals surface area contributed by atoms with E-state index >= 15 is 0 Å². The van der Waals surface area contributed by atoms with Crippen molar-refractivity contribution < 1.29 is 0 Å². The van der Waals surface area contributed by atoms with E-state index < -0.39 is 0 Å². The molecule has 10 heavy (non-hydrogen) atoms. The van der Waals surface area contributed by atoms with Crippen LogP contribution in [0, 0.1) is 0 Å². The summed E-state index contributed by atoms with van der Waals surface area (Å²) in [4.78, 5) is 0. The molecular weight excluding hydrogens is 136 g/mol. The van der Waals surface area contributed by atoms with E-state index in [1.165, 1.54) is 21.0 Å². The number of hydrogen-bond donors (Lipinski definition) is 0. The second-order valence-corrected chi connectivity index (χ2v) is 4.09. The van der Waals surface area contributed by atoms with Crippen LogP contribution in [0.15, 0.2) is 24.3 Å². The lowest BCUT2D eigenvalue weighted by molar-refractivity contribution is 0.873. The summed E-state index contributed by atoms with van der Waals surface area (Å²) < 4.78 is 0. The Morgan fingerprint density at radius 1 is 1.20 bits per heavy atom. The zero-order valence-electron chi connectivity index (χ0n) is 6.89. The van der Waals surface area contributed by atoms with Gasteiger partial charge in [-0.2, -0.15) is 0 Å². The van der Waals surface area contributed by atoms with Gasteiger partial charge in [0.25, 0.3) is 0 Å². The molecule has 0 N–H and O–H groups in total. The Kier molecular flexibility index (Phi) is 2.28. The van der Waals surface area contributed by atoms with Crippen LogP contribution in [0.3, 0.4) is 0 Å². The molecule has 0 amide bonds. The first-order valence-electron chi connectivity index (χ1n) is 3.77. The van der Waals surface area contributed by atoms with E-state index in [9.17, 15) is 0 Å². The van der Waals surface area contributed by atoms with Crippen molar-refractivity contribution in [2.45, 2.75) is 19.8 Å². The van der Waals surface area contributed by atoms with Crippen molar-refractivity contribution in [2.75, 3.05) is 0 Å². The molecule has 1 aromatic rings. The van der Waals surface area contributed by atoms with Crippen molar-refractivity contribution >= 4 is 15.4 Å². The Morgan fingerprint density at radius 2 is 1.80 bits per heavy atom. The second kappa shape index (κ2) is 3.02. The number of benzene rings is 1. The fraction of sp³-hybridized carbons (Fsp3) is 0.333. The van der Waals surface area contributed by atoms with Crippen molar-refractivity contribution in [2.24, 2.45) is 0 Å². The first-order chi connectivity index (χ1) is 4.72. The van der Waals surface area contributed by atoms with Gasteiger partial charge in [-0.25, -0.2) is 0 Å². The van der Waals surface area contributed by atoms with Crippen LogP contribution in [0.2, 0.25) is 0 Å². The highest BCUT2D eigenvalue weighted by Gasteiger charge is 1.99. The van der Waals surface area contributed by atoms with Gasteiger partial charge in [0.05, 0.1) is 0 Å². The van der Waals surface area contributed by atoms with Gasteiger partial charge in [0.1, 0.15) is 0 Å². The summed E-state index contributed by atoms with van der Waals surface area (Å²) in [7, 11) is 1.17. The molecule has 0 fully saturated rings. The van der Waals surface area contributed by atoms with E-state index in [0.29, 0.717) is 5.92 Å². The normalized spacial score (nSPS) is 10.7. The van der Waals surface area contributed by atoms with Crippen LogP contribution in [0.1, 0.15) is 25.3 Å². The fourth-order valence-electron chi connectivity index (χ4n) is 1.23. The molecule has 0 saturated carbocycles. The molecule has 0 radical (unpaired) electrons. The first kappa shape index (κ1) is 7.54. The van der Waals surface area contributed by atoms with Gasteiger partial charge < -0.3 is 0 Å². The third-order valence-corrected chi connectivity index (χ3v) is 2.72. The van der Waals surface area contributed by atoms with E-state index in [2.05, 4.69) is 38.1 Å². The minimum absolute atomic E-state index is 0.689. The largest absolute Gasteiger partial charge is 0.0674 e. The van der Waals surface area contributed by atoms with Crippen molar-refractivity contribution in [3.63, 3.8) is 0 Å². The quantitative estimate of drug-likeness (QED) is 0.520. The van der Waals surface area contributed by atoms with Crippen molar-refractivity contribution in [3.05, 3.63) is 29.8 Å². The van der Waals surface area contributed by atoms with Crippen LogP contribution in [0.4, 0.5) is 0 Å². The summed E-state index contributed by atoms with van der Waals surface area (Å²) in [5, 5.41) is 1.54. The average molecular weight is 150 g/mol. The van der Waals surface area contributed by atoms with Gasteiger partial charge >= 0.3 is 0 Å². The maximum absolute atomic E-state index is 2.25. The van der Waals surface area contributed by atoms with Crippen LogP contribution in [0.5, 0.6) is 0 Å². The lowest BCUT2D eigenvalue weighted by Gasteiger charge is -2.07. The summed E-state index contributed by atoms with van der Waals surface area (Å²) >= 11 is 0. The summed E-state index contributed by atoms with van der Waals surface area (Å²) in [6.45, 7) is 4.49. The highest BCUT2D eigenvalue weighted by atomic mass is 28.1. The van der Waals surface area contributed by atoms with Crippen molar-refractivity contribution in [1.29, 1.82) is 0 Å². The molecule has 1 heteroatoms. The average Bonchev–Trinajstić information content (AvgIpc) is 1.88. The fourth-order valence-corrected chi connectivity index (χ4v) is 2.17. The van der Waals surface area contributed by atoms with Gasteiger partial charge in [0.2, 0.25) is 0 Å². The number of rotatable bonds is 1. The van der Waals surface area contributed by atoms with E-state index in [1.807, 2.05) is 0 Å². The minimum Gasteiger partial charge on any atom is -0.0674 e. The third kappa shape index (κ3) is 1.48. The van der Waals surface area contributed by atoms with Gasteiger partial charge in [-0.3, -0.25) is 0 Å². The predicted molar refractivity (Wildman–Crippen MR) is 50.1 cm³/mol. The summed E-state index contributed by atoms with van der Waals surface area (Å²) in [5.74, 6) is 0.689. The molecule has 0 heterocycles. The Labute approximate surface area is 65.7 Å². The predicted octanol–water partition coefficient (Wildman–Crippen LogP) is 0.801. The smallest absolute Gasteiger partial charge is 0.0388 e. The van der Waals surface area contributed by atoms with Crippen LogP contribution in [0.25, 0.3) is 0 Å². The van der Waals surface area contributed by atoms with Gasteiger partial charge in [-0.1, -0.05) is 43.3 Å². The molecular formula is C9H14Si. The first-order valence-corrected chi connectivity index (χ1v) is 4.77. The maximum atomic E-state index is 2.25. The van der Waals surface area contributed by atoms with E-state index in [-0.39, 0.29) is 0 Å². The summed E-state index contributed by atoms with van der Waals surface area (Å²) in [5.41, 5.74) is 1.52. The van der Waals surface area contributed by atoms with Crippen LogP contribution < -0.4 is 5.19 Å². The van der Waals surface area contributed by atoms with Gasteiger partial charge in [-0.05, 0) is 11.5 Å². The van der Waals surface area contributed by atoms with Crippen LogP contribution in [-0.4, -0.2) is 10.2 Å². The Morgan fingerprint density at radius 3 is 2.20 bits per heavy atom. The molecule has 0 aliphatic heterocycles. The molecule has 0 nitrogen and oxygen atoms in total. The van der Waals surface area contributed by atoms with Crippen LogP contribution >= 0.6 is 0 Å². The molecule has 0 atom stereocenters. The molecule has 54 valence electrons. The van der Waals surface area contributed by atoms with Gasteiger partial charge in [0.15, 0.2) is 0 Å². The molecule has 1 rings (SSSR count). The molecule has 0 bridgehead atoms. The van der Waals surface area contributed by atoms with E-state index in [0.717, 1.165) is 0 Å². The Hall–Kier alpha value is -0.563. The highest BCUT2D eigenvalue weighted by Crippen LogP contribution is 2.09. The minimum atomic E-state index is 0.689. The molecule has 0 aliphatic rings. The SMILES string of the molecule is CC(C)c1ccccc1[SiH3]. The molecule has 0 spiro atoms. The maximum Gasteiger partial charge on any atom is 0.0388 e. The standard InChI is InChI=1S/C9H14Si/c1-7(2)8-5-3-4-6-9(8)10/h3-7H,1-2,10H3. The lowest BCUT2D eigenvalue weighted by Crippen LogP contribution is -2.10. The number of hydrogen-bond acceptors (Lipinski definition) is 0. The van der Waals surface area contributed by atoms with Crippen molar-refractivity contribution in [1.82, 2.24) is 0 Å². The monoisotopic (exact) mass is 150 g/mol. The molecule has 0 aliphatic carbocycles. The highest BCUT2D eigenvalue weighted by molar-refractivity contribution is 6.33. The second-order valence-electron chi connectivity index (χ2n) is 3.01. The summed E-state index contributed by atoms with van der Waals surface area (Å²) in [6.07, 6.45) is 0. The Balaban J connectivity index is 3.03. The summed E-state index contributed by atoms with van der Waals surface area (Å²) in [6, 6.07) is 8.69. The topological polar surface area (TPSA) is 0 Å². The molecule has 1 aromatic carbocycles. The van der Waals surface area contributed by atoms with Gasteiger partial charge in [-0.15, -0.1) is 0 Å². The Bertz CT molecular complexity index is 216.